The Bertz CT molecular complexity index is 687. The number of sulfonamides is 1. The molecule has 1 heterocycles. The van der Waals surface area contributed by atoms with Gasteiger partial charge in [0.1, 0.15) is 11.1 Å². The summed E-state index contributed by atoms with van der Waals surface area (Å²) in [5.41, 5.74) is -1.60. The van der Waals surface area contributed by atoms with Gasteiger partial charge in [-0.15, -0.1) is 0 Å². The lowest BCUT2D eigenvalue weighted by atomic mass is 10.2. The number of rotatable bonds is 2. The largest absolute Gasteiger partial charge is 0.416 e. The molecule has 1 aliphatic rings. The van der Waals surface area contributed by atoms with Crippen molar-refractivity contribution in [2.75, 3.05) is 11.4 Å². The van der Waals surface area contributed by atoms with Crippen molar-refractivity contribution in [1.82, 2.24) is 0 Å². The summed E-state index contributed by atoms with van der Waals surface area (Å²) in [5, 5.41) is 3.71. The molecule has 1 aromatic rings. The first-order valence-corrected chi connectivity index (χ1v) is 7.30. The number of hydrogen-bond donors (Lipinski definition) is 1. The minimum absolute atomic E-state index is 0.257. The molecule has 2 rings (SSSR count). The number of amides is 1. The van der Waals surface area contributed by atoms with Crippen LogP contribution >= 0.6 is 0 Å². The van der Waals surface area contributed by atoms with E-state index in [0.29, 0.717) is 6.07 Å². The highest BCUT2D eigenvalue weighted by atomic mass is 32.2. The summed E-state index contributed by atoms with van der Waals surface area (Å²) in [5.74, 6) is -1.97. The van der Waals surface area contributed by atoms with Gasteiger partial charge in [0.05, 0.1) is 11.3 Å². The summed E-state index contributed by atoms with van der Waals surface area (Å²) >= 11 is 0. The Morgan fingerprint density at radius 3 is 2.33 bits per heavy atom. The van der Waals surface area contributed by atoms with Crippen LogP contribution in [0.1, 0.15) is 12.0 Å². The normalized spacial score (nSPS) is 20.1. The topological polar surface area (TPSA) is 80.5 Å². The van der Waals surface area contributed by atoms with Crippen LogP contribution in [0.25, 0.3) is 0 Å². The Balaban J connectivity index is 2.34. The molecule has 1 fully saturated rings. The predicted octanol–water partition coefficient (Wildman–Crippen LogP) is 1.24. The number of anilines is 1. The zero-order valence-electron chi connectivity index (χ0n) is 10.4. The maximum atomic E-state index is 13.8. The maximum absolute atomic E-state index is 13.8. The molecular formula is C11H10F4N2O3S. The lowest BCUT2D eigenvalue weighted by Gasteiger charge is -2.18. The fraction of sp³-hybridized carbons (Fsp3) is 0.364. The van der Waals surface area contributed by atoms with Crippen molar-refractivity contribution in [3.8, 4) is 0 Å². The number of nitrogens with two attached hydrogens (primary N) is 1. The van der Waals surface area contributed by atoms with Gasteiger partial charge in [-0.3, -0.25) is 4.79 Å². The van der Waals surface area contributed by atoms with Crippen LogP contribution in [0.15, 0.2) is 18.2 Å². The number of primary sulfonamides is 1. The monoisotopic (exact) mass is 326 g/mol. The predicted molar refractivity (Wildman–Crippen MR) is 65.3 cm³/mol. The quantitative estimate of drug-likeness (QED) is 0.830. The molecule has 5 nitrogen and oxygen atoms in total. The van der Waals surface area contributed by atoms with Crippen LogP contribution in [-0.4, -0.2) is 26.1 Å². The summed E-state index contributed by atoms with van der Waals surface area (Å²) in [7, 11) is -3.99. The van der Waals surface area contributed by atoms with Gasteiger partial charge < -0.3 is 4.90 Å². The third-order valence-electron chi connectivity index (χ3n) is 3.12. The van der Waals surface area contributed by atoms with Gasteiger partial charge >= 0.3 is 6.18 Å². The van der Waals surface area contributed by atoms with Crippen LogP contribution in [-0.2, 0) is 21.0 Å². The molecular weight excluding hydrogens is 316 g/mol. The maximum Gasteiger partial charge on any atom is 0.416 e. The van der Waals surface area contributed by atoms with E-state index in [1.54, 1.807) is 0 Å². The van der Waals surface area contributed by atoms with Crippen LogP contribution < -0.4 is 10.0 Å². The van der Waals surface area contributed by atoms with Gasteiger partial charge in [0.25, 0.3) is 0 Å². The van der Waals surface area contributed by atoms with Crippen LogP contribution in [0.2, 0.25) is 0 Å². The molecule has 0 saturated carbocycles. The van der Waals surface area contributed by atoms with Gasteiger partial charge in [-0.1, -0.05) is 0 Å². The number of nitrogens with zero attached hydrogens (tertiary/aromatic N) is 1. The van der Waals surface area contributed by atoms with Crippen molar-refractivity contribution in [3.05, 3.63) is 29.6 Å². The molecule has 1 atom stereocenters. The lowest BCUT2D eigenvalue weighted by Crippen LogP contribution is -2.32. The summed E-state index contributed by atoms with van der Waals surface area (Å²) in [6, 6.07) is 1.67. The molecule has 10 heteroatoms. The first-order valence-electron chi connectivity index (χ1n) is 5.69. The van der Waals surface area contributed by atoms with Crippen LogP contribution in [0, 0.1) is 5.82 Å². The molecule has 1 amide bonds. The summed E-state index contributed by atoms with van der Waals surface area (Å²) in [6.45, 7) is -0.389. The van der Waals surface area contributed by atoms with Crippen LogP contribution in [0.4, 0.5) is 23.2 Å². The Morgan fingerprint density at radius 1 is 1.29 bits per heavy atom. The average molecular weight is 326 g/mol. The van der Waals surface area contributed by atoms with Gasteiger partial charge in [0.2, 0.25) is 15.9 Å². The van der Waals surface area contributed by atoms with E-state index < -0.39 is 50.8 Å². The molecule has 0 spiro atoms. The summed E-state index contributed by atoms with van der Waals surface area (Å²) < 4.78 is 73.4. The zero-order chi connectivity index (χ0) is 16.0. The Labute approximate surface area is 117 Å². The Morgan fingerprint density at radius 2 is 1.90 bits per heavy atom. The first-order chi connectivity index (χ1) is 9.50. The van der Waals surface area contributed by atoms with E-state index in [9.17, 15) is 30.8 Å². The number of benzene rings is 1. The van der Waals surface area contributed by atoms with Crippen molar-refractivity contribution in [2.45, 2.75) is 17.8 Å². The van der Waals surface area contributed by atoms with E-state index in [4.69, 9.17) is 5.14 Å². The van der Waals surface area contributed by atoms with Gasteiger partial charge in [-0.25, -0.2) is 17.9 Å². The van der Waals surface area contributed by atoms with E-state index >= 15 is 0 Å². The zero-order valence-corrected chi connectivity index (χ0v) is 11.2. The second kappa shape index (κ2) is 4.95. The highest BCUT2D eigenvalue weighted by Gasteiger charge is 2.39. The second-order valence-electron chi connectivity index (χ2n) is 4.58. The lowest BCUT2D eigenvalue weighted by molar-refractivity contribution is -0.137. The van der Waals surface area contributed by atoms with Gasteiger partial charge in [-0.2, -0.15) is 13.2 Å². The number of carbonyl (C=O) groups excluding carboxylic acids is 1. The minimum atomic E-state index is -4.71. The number of carbonyl (C=O) groups is 1. The smallest absolute Gasteiger partial charge is 0.308 e. The Hall–Kier alpha value is -1.68. The molecule has 1 aromatic carbocycles. The van der Waals surface area contributed by atoms with Crippen molar-refractivity contribution in [2.24, 2.45) is 5.14 Å². The van der Waals surface area contributed by atoms with Gasteiger partial charge in [0.15, 0.2) is 0 Å². The number of hydrogen-bond acceptors (Lipinski definition) is 3. The number of alkyl halides is 3. The molecule has 0 aromatic heterocycles. The molecule has 116 valence electrons. The standard InChI is InChI=1S/C11H10F4N2O3S/c12-8-3-6(11(13,14)15)1-2-9(8)17-5-7(4-10(17)18)21(16,19)20/h1-3,7H,4-5H2,(H2,16,19,20). The van der Waals surface area contributed by atoms with E-state index in [2.05, 4.69) is 0 Å². The van der Waals surface area contributed by atoms with E-state index in [1.165, 1.54) is 0 Å². The second-order valence-corrected chi connectivity index (χ2v) is 6.43. The minimum Gasteiger partial charge on any atom is -0.308 e. The molecule has 1 saturated heterocycles. The van der Waals surface area contributed by atoms with E-state index in [-0.39, 0.29) is 12.6 Å². The highest BCUT2D eigenvalue weighted by Crippen LogP contribution is 2.33. The molecule has 0 radical (unpaired) electrons. The molecule has 1 unspecified atom stereocenters. The Kier molecular flexibility index (Phi) is 3.70. The van der Waals surface area contributed by atoms with E-state index in [1.807, 2.05) is 0 Å². The third kappa shape index (κ3) is 3.16. The number of halogens is 4. The molecule has 21 heavy (non-hydrogen) atoms. The van der Waals surface area contributed by atoms with Crippen molar-refractivity contribution >= 4 is 21.6 Å². The molecule has 1 aliphatic heterocycles. The fourth-order valence-electron chi connectivity index (χ4n) is 2.03. The fourth-order valence-corrected chi connectivity index (χ4v) is 2.76. The molecule has 0 aliphatic carbocycles. The van der Waals surface area contributed by atoms with E-state index in [0.717, 1.165) is 11.0 Å². The van der Waals surface area contributed by atoms with Crippen molar-refractivity contribution in [1.29, 1.82) is 0 Å². The van der Waals surface area contributed by atoms with Gasteiger partial charge in [0, 0.05) is 13.0 Å². The van der Waals surface area contributed by atoms with Crippen LogP contribution in [0.5, 0.6) is 0 Å². The van der Waals surface area contributed by atoms with Gasteiger partial charge in [-0.05, 0) is 18.2 Å². The van der Waals surface area contributed by atoms with Crippen molar-refractivity contribution in [3.63, 3.8) is 0 Å². The molecule has 2 N–H and O–H groups in total. The SMILES string of the molecule is NS(=O)(=O)C1CC(=O)N(c2ccc(C(F)(F)F)cc2F)C1. The van der Waals surface area contributed by atoms with Crippen molar-refractivity contribution < 1.29 is 30.8 Å². The summed E-state index contributed by atoms with van der Waals surface area (Å²) in [4.78, 5) is 12.5. The first kappa shape index (κ1) is 15.7. The highest BCUT2D eigenvalue weighted by molar-refractivity contribution is 7.89. The average Bonchev–Trinajstić information content (AvgIpc) is 2.70. The van der Waals surface area contributed by atoms with Crippen LogP contribution in [0.3, 0.4) is 0 Å². The molecule has 0 bridgehead atoms. The third-order valence-corrected chi connectivity index (χ3v) is 4.36. The summed E-state index contributed by atoms with van der Waals surface area (Å²) in [6.07, 6.45) is -5.14.